The molecule has 0 radical (unpaired) electrons. The van der Waals surface area contributed by atoms with Crippen molar-refractivity contribution < 1.29 is 56.3 Å². The number of nitrogens with two attached hydrogens (primary N) is 1. The molecule has 5 aliphatic rings. The topological polar surface area (TPSA) is 324 Å². The number of para-hydroxylation sites is 1. The summed E-state index contributed by atoms with van der Waals surface area (Å²) in [5.74, 6) is -1.54. The number of pyridine rings is 1. The van der Waals surface area contributed by atoms with E-state index in [0.29, 0.717) is 91.7 Å². The van der Waals surface area contributed by atoms with E-state index in [9.17, 15) is 42.0 Å². The Balaban J connectivity index is 0.763. The predicted octanol–water partition coefficient (Wildman–Crippen LogP) is 10.4. The highest BCUT2D eigenvalue weighted by molar-refractivity contribution is 7.85. The second kappa shape index (κ2) is 28.2. The van der Waals surface area contributed by atoms with E-state index in [-0.39, 0.29) is 72.2 Å². The van der Waals surface area contributed by atoms with Gasteiger partial charge in [-0.05, 0) is 167 Å². The third-order valence-electron chi connectivity index (χ3n) is 18.6. The number of aromatic nitrogens is 4. The highest BCUT2D eigenvalue weighted by atomic mass is 32.2. The molecular formula is C68H90N12O12S2. The smallest absolute Gasteiger partial charge is 0.410 e. The molecule has 9 N–H and O–H groups in total. The highest BCUT2D eigenvalue weighted by Gasteiger charge is 2.66. The number of primary amides is 1. The molecule has 24 nitrogen and oxygen atoms in total. The number of nitrogens with one attached hydrogen (secondary N) is 5. The Kier molecular flexibility index (Phi) is 20.7. The molecule has 2 unspecified atom stereocenters. The predicted molar refractivity (Wildman–Crippen MR) is 361 cm³/mol. The Morgan fingerprint density at radius 2 is 1.63 bits per heavy atom. The molecule has 4 fully saturated rings. The average Bonchev–Trinajstić information content (AvgIpc) is 0.732. The fourth-order valence-electron chi connectivity index (χ4n) is 15.6. The van der Waals surface area contributed by atoms with Crippen LogP contribution >= 0.6 is 11.3 Å². The Morgan fingerprint density at radius 1 is 0.883 bits per heavy atom. The van der Waals surface area contributed by atoms with Gasteiger partial charge in [-0.25, -0.2) is 29.1 Å². The minimum Gasteiger partial charge on any atom is -0.476 e. The standard InChI is InChI=1S/C68H90N12O12S2/c1-43(2)54(75-62(85)92-64(4,5)6)33-72-48(14-12-25-70-60(69)84)31-71-47-20-18-45(19-21-47)35-90-63(86)78(28-30-94(87,88)89)27-29-91-68-39-65(7)36-66(8,40-68)38-67(37-65,41-68)42-80-44(3)51(32-73-80)49-22-23-56(76-57(49)59(82)83)79-26-24-46-13-11-15-50(52(46)34-79)58(81)77-61-74-53-16-9-10-17-55(53)93-61/h9-11,13,15-23,32,43,48,54,71-72H,12,14,24-31,33-42H2,1-8H3,(H,75,85)(H,82,83)(H3,69,70,84)(H,74,77,81)(H,87,88,89)/t48-,54+,65?,66?,67?,68?/m0/s1. The Morgan fingerprint density at radius 3 is 2.32 bits per heavy atom. The number of aromatic carboxylic acids is 1. The lowest BCUT2D eigenvalue weighted by atomic mass is 9.39. The molecule has 4 bridgehead atoms. The first-order valence-corrected chi connectivity index (χ1v) is 34.8. The third-order valence-corrected chi connectivity index (χ3v) is 20.3. The fraction of sp³-hybridized carbons (Fsp3) is 0.529. The minimum absolute atomic E-state index is 0.0115. The van der Waals surface area contributed by atoms with Gasteiger partial charge in [0, 0.05) is 92.5 Å². The van der Waals surface area contributed by atoms with E-state index in [0.717, 1.165) is 71.2 Å². The molecule has 94 heavy (non-hydrogen) atoms. The van der Waals surface area contributed by atoms with Crippen LogP contribution in [0.25, 0.3) is 21.3 Å². The molecule has 3 aromatic carbocycles. The molecule has 26 heteroatoms. The number of hydrogen-bond donors (Lipinski definition) is 8. The summed E-state index contributed by atoms with van der Waals surface area (Å²) in [6.45, 7) is 18.6. The number of fused-ring (bicyclic) bond motifs is 2. The molecule has 0 saturated heterocycles. The molecule has 6 aromatic rings. The minimum atomic E-state index is -4.44. The first-order valence-electron chi connectivity index (χ1n) is 32.3. The molecule has 1 aliphatic heterocycles. The Hall–Kier alpha value is -7.91. The maximum absolute atomic E-state index is 13.9. The number of alkyl carbamates (subject to hydrolysis) is 1. The maximum atomic E-state index is 13.9. The van der Waals surface area contributed by atoms with Crippen LogP contribution in [0.5, 0.6) is 0 Å². The summed E-state index contributed by atoms with van der Waals surface area (Å²) < 4.78 is 55.2. The normalized spacial score (nSPS) is 21.3. The number of benzene rings is 3. The third kappa shape index (κ3) is 17.3. The molecule has 0 spiro atoms. The van der Waals surface area contributed by atoms with Gasteiger partial charge in [-0.3, -0.25) is 19.3 Å². The number of carboxylic acids is 1. The summed E-state index contributed by atoms with van der Waals surface area (Å²) in [6.07, 6.45) is 7.66. The van der Waals surface area contributed by atoms with E-state index in [4.69, 9.17) is 30.0 Å². The number of anilines is 3. The quantitative estimate of drug-likeness (QED) is 0.0167. The van der Waals surface area contributed by atoms with Crippen molar-refractivity contribution >= 4 is 78.4 Å². The van der Waals surface area contributed by atoms with Crippen LogP contribution < -0.4 is 37.2 Å². The van der Waals surface area contributed by atoms with Crippen LogP contribution in [0.2, 0.25) is 0 Å². The van der Waals surface area contributed by atoms with E-state index < -0.39 is 51.3 Å². The number of rotatable bonds is 28. The van der Waals surface area contributed by atoms with E-state index in [2.05, 4.69) is 45.4 Å². The van der Waals surface area contributed by atoms with Crippen LogP contribution in [0.1, 0.15) is 143 Å². The number of carbonyl (C=O) groups excluding carboxylic acids is 4. The van der Waals surface area contributed by atoms with Crippen LogP contribution in [0.4, 0.5) is 31.0 Å². The van der Waals surface area contributed by atoms with E-state index in [1.165, 1.54) is 16.2 Å². The van der Waals surface area contributed by atoms with Crippen molar-refractivity contribution in [2.75, 3.05) is 67.2 Å². The second-order valence-corrected chi connectivity index (χ2v) is 31.0. The zero-order valence-corrected chi connectivity index (χ0v) is 56.6. The average molecular weight is 1330 g/mol. The van der Waals surface area contributed by atoms with Crippen LogP contribution in [0.3, 0.4) is 0 Å². The number of ether oxygens (including phenoxy) is 3. The fourth-order valence-corrected chi connectivity index (χ4v) is 16.9. The lowest BCUT2D eigenvalue weighted by molar-refractivity contribution is -0.248. The molecule has 5 amide bonds. The summed E-state index contributed by atoms with van der Waals surface area (Å²) in [6, 6.07) is 23.5. The first kappa shape index (κ1) is 68.9. The first-order chi connectivity index (χ1) is 44.4. The second-order valence-electron chi connectivity index (χ2n) is 28.4. The van der Waals surface area contributed by atoms with Gasteiger partial charge in [-0.2, -0.15) is 13.5 Å². The maximum Gasteiger partial charge on any atom is 0.410 e. The van der Waals surface area contributed by atoms with Gasteiger partial charge in [0.2, 0.25) is 0 Å². The molecule has 4 aliphatic carbocycles. The van der Waals surface area contributed by atoms with Crippen LogP contribution in [-0.4, -0.2) is 148 Å². The lowest BCUT2D eigenvalue weighted by Gasteiger charge is -2.69. The van der Waals surface area contributed by atoms with Gasteiger partial charge in [0.15, 0.2) is 10.8 Å². The molecule has 3 aromatic heterocycles. The zero-order valence-electron chi connectivity index (χ0n) is 55.0. The number of carboxylic acid groups (broad SMARTS) is 1. The van der Waals surface area contributed by atoms with E-state index >= 15 is 0 Å². The molecule has 4 saturated carbocycles. The van der Waals surface area contributed by atoms with Gasteiger partial charge in [0.05, 0.1) is 34.4 Å². The number of carbonyl (C=O) groups is 5. The lowest BCUT2D eigenvalue weighted by Crippen LogP contribution is -2.64. The van der Waals surface area contributed by atoms with Crippen LogP contribution in [0.15, 0.2) is 85.1 Å². The zero-order chi connectivity index (χ0) is 67.4. The van der Waals surface area contributed by atoms with Gasteiger partial charge in [0.25, 0.3) is 16.0 Å². The molecule has 506 valence electrons. The summed E-state index contributed by atoms with van der Waals surface area (Å²) in [5, 5.41) is 31.8. The van der Waals surface area contributed by atoms with Crippen molar-refractivity contribution in [3.8, 4) is 11.1 Å². The monoisotopic (exact) mass is 1330 g/mol. The summed E-state index contributed by atoms with van der Waals surface area (Å²) in [5.41, 5.74) is 10.2. The van der Waals surface area contributed by atoms with Crippen LogP contribution in [-0.2, 0) is 50.4 Å². The van der Waals surface area contributed by atoms with Crippen molar-refractivity contribution in [2.45, 2.75) is 156 Å². The van der Waals surface area contributed by atoms with Gasteiger partial charge in [-0.1, -0.05) is 75.4 Å². The van der Waals surface area contributed by atoms with Gasteiger partial charge in [-0.15, -0.1) is 0 Å². The number of thiazole rings is 1. The van der Waals surface area contributed by atoms with E-state index in [1.54, 1.807) is 18.3 Å². The number of amides is 5. The van der Waals surface area contributed by atoms with Crippen molar-refractivity contribution in [1.82, 2.24) is 40.6 Å². The van der Waals surface area contributed by atoms with Gasteiger partial charge in [0.1, 0.15) is 18.0 Å². The summed E-state index contributed by atoms with van der Waals surface area (Å²) >= 11 is 1.41. The Bertz CT molecular complexity index is 3820. The summed E-state index contributed by atoms with van der Waals surface area (Å²) in [7, 11) is -4.44. The van der Waals surface area contributed by atoms with Crippen molar-refractivity contribution in [2.24, 2.45) is 27.9 Å². The largest absolute Gasteiger partial charge is 0.476 e. The number of nitrogens with zero attached hydrogens (tertiary/aromatic N) is 6. The number of hydrogen-bond acceptors (Lipinski definition) is 17. The molecular weight excluding hydrogens is 1240 g/mol. The molecule has 4 atom stereocenters. The molecule has 4 heterocycles. The van der Waals surface area contributed by atoms with E-state index in [1.807, 2.05) is 118 Å². The van der Waals surface area contributed by atoms with Crippen molar-refractivity contribution in [3.05, 3.63) is 119 Å². The SMILES string of the molecule is Cc1c(-c2ccc(N3CCc4cccc(C(=O)Nc5nc6ccccc6s5)c4C3)nc2C(=O)O)cnn1CC12CC3(C)CC(C)(C1)CC(OCCN(CCS(=O)(=O)O)C(=O)OCc1ccc(NC[C@H](CCCNC(N)=O)NC[C@@H](NC(=O)OC(C)(C)C)C(C)C)cc1)(C3)C2. The highest BCUT2D eigenvalue weighted by Crippen LogP contribution is 2.72. The molecule has 11 rings (SSSR count). The van der Waals surface area contributed by atoms with Crippen molar-refractivity contribution in [3.63, 3.8) is 0 Å². The van der Waals surface area contributed by atoms with Crippen LogP contribution in [0, 0.1) is 29.1 Å². The summed E-state index contributed by atoms with van der Waals surface area (Å²) in [4.78, 5) is 77.5. The van der Waals surface area contributed by atoms with Gasteiger partial charge < -0.3 is 56.1 Å². The number of urea groups is 1. The van der Waals surface area contributed by atoms with Crippen molar-refractivity contribution in [1.29, 1.82) is 0 Å². The van der Waals surface area contributed by atoms with Gasteiger partial charge >= 0.3 is 24.2 Å². The Labute approximate surface area is 553 Å².